The smallest absolute Gasteiger partial charge is 0.257 e. The minimum absolute atomic E-state index is 0.0149. The van der Waals surface area contributed by atoms with Gasteiger partial charge in [-0.25, -0.2) is 0 Å². The summed E-state index contributed by atoms with van der Waals surface area (Å²) in [5, 5.41) is 2.91. The van der Waals surface area contributed by atoms with Crippen LogP contribution in [0.2, 0.25) is 0 Å². The van der Waals surface area contributed by atoms with Crippen LogP contribution in [0.4, 0.5) is 0 Å². The van der Waals surface area contributed by atoms with E-state index in [2.05, 4.69) is 5.32 Å². The third kappa shape index (κ3) is 6.34. The molecule has 7 nitrogen and oxygen atoms in total. The number of nitrogens with zero attached hydrogens (tertiary/aromatic N) is 1. The SMILES string of the molecule is CCOc1ccccc1C(=O)N1CCC2(CCCCOCCNC(=O)c3ccccc3OC2)CC1. The lowest BCUT2D eigenvalue weighted by molar-refractivity contribution is 0.0339. The topological polar surface area (TPSA) is 77.1 Å². The standard InChI is InChI=1S/C28H36N2O5/c1-2-34-25-12-6-4-10-23(25)27(32)30-17-14-28(15-18-30)13-7-8-19-33-20-16-29-26(31)22-9-3-5-11-24(22)35-21-28/h3-6,9-12H,2,7-8,13-21H2,1H3,(H,29,31). The summed E-state index contributed by atoms with van der Waals surface area (Å²) in [6.07, 6.45) is 4.72. The molecule has 0 saturated carbocycles. The number of ether oxygens (including phenoxy) is 3. The van der Waals surface area contributed by atoms with Crippen molar-refractivity contribution in [1.29, 1.82) is 0 Å². The zero-order valence-electron chi connectivity index (χ0n) is 20.6. The zero-order valence-corrected chi connectivity index (χ0v) is 20.6. The molecule has 2 aromatic carbocycles. The molecule has 2 amide bonds. The van der Waals surface area contributed by atoms with Gasteiger partial charge < -0.3 is 24.4 Å². The van der Waals surface area contributed by atoms with Gasteiger partial charge in [0.1, 0.15) is 11.5 Å². The third-order valence-electron chi connectivity index (χ3n) is 6.97. The molecular weight excluding hydrogens is 444 g/mol. The normalized spacial score (nSPS) is 19.1. The van der Waals surface area contributed by atoms with Gasteiger partial charge in [-0.1, -0.05) is 30.7 Å². The second kappa shape index (κ2) is 12.1. The molecule has 35 heavy (non-hydrogen) atoms. The number of likely N-dealkylation sites (tertiary alicyclic amines) is 1. The average molecular weight is 481 g/mol. The van der Waals surface area contributed by atoms with Gasteiger partial charge in [-0.3, -0.25) is 9.59 Å². The number of hydrogen-bond acceptors (Lipinski definition) is 5. The predicted octanol–water partition coefficient (Wildman–Crippen LogP) is 4.32. The monoisotopic (exact) mass is 480 g/mol. The maximum Gasteiger partial charge on any atom is 0.257 e. The lowest BCUT2D eigenvalue weighted by atomic mass is 9.75. The molecule has 0 unspecified atom stereocenters. The van der Waals surface area contributed by atoms with Crippen LogP contribution in [-0.4, -0.2) is 62.8 Å². The average Bonchev–Trinajstić information content (AvgIpc) is 2.89. The largest absolute Gasteiger partial charge is 0.493 e. The highest BCUT2D eigenvalue weighted by Gasteiger charge is 2.37. The van der Waals surface area contributed by atoms with Crippen LogP contribution in [0.25, 0.3) is 0 Å². The maximum atomic E-state index is 13.3. The van der Waals surface area contributed by atoms with E-state index in [9.17, 15) is 9.59 Å². The molecule has 2 aliphatic rings. The van der Waals surface area contributed by atoms with E-state index in [0.29, 0.717) is 68.7 Å². The van der Waals surface area contributed by atoms with Crippen LogP contribution in [-0.2, 0) is 4.74 Å². The third-order valence-corrected chi connectivity index (χ3v) is 6.97. The molecule has 2 heterocycles. The van der Waals surface area contributed by atoms with Crippen LogP contribution in [0, 0.1) is 5.41 Å². The fraction of sp³-hybridized carbons (Fsp3) is 0.500. The second-order valence-electron chi connectivity index (χ2n) is 9.33. The van der Waals surface area contributed by atoms with Crippen LogP contribution >= 0.6 is 0 Å². The van der Waals surface area contributed by atoms with Crippen LogP contribution < -0.4 is 14.8 Å². The van der Waals surface area contributed by atoms with Crippen molar-refractivity contribution in [3.63, 3.8) is 0 Å². The summed E-state index contributed by atoms with van der Waals surface area (Å²) in [7, 11) is 0. The molecule has 0 radical (unpaired) electrons. The van der Waals surface area contributed by atoms with E-state index in [0.717, 1.165) is 32.1 Å². The van der Waals surface area contributed by atoms with E-state index in [-0.39, 0.29) is 17.2 Å². The molecule has 7 heteroatoms. The fourth-order valence-corrected chi connectivity index (χ4v) is 4.89. The number of piperidine rings is 1. The summed E-state index contributed by atoms with van der Waals surface area (Å²) in [5.74, 6) is 1.10. The molecule has 0 aromatic heterocycles. The van der Waals surface area contributed by atoms with E-state index in [1.54, 1.807) is 6.07 Å². The van der Waals surface area contributed by atoms with E-state index in [1.807, 2.05) is 54.3 Å². The Kier molecular flexibility index (Phi) is 8.64. The molecule has 0 bridgehead atoms. The summed E-state index contributed by atoms with van der Waals surface area (Å²) < 4.78 is 17.7. The fourth-order valence-electron chi connectivity index (χ4n) is 4.89. The number of benzene rings is 2. The van der Waals surface area contributed by atoms with Crippen LogP contribution in [0.3, 0.4) is 0 Å². The minimum atomic E-state index is -0.149. The van der Waals surface area contributed by atoms with Gasteiger partial charge in [0.2, 0.25) is 0 Å². The number of amides is 2. The molecule has 0 aliphatic carbocycles. The van der Waals surface area contributed by atoms with Gasteiger partial charge in [0, 0.05) is 31.7 Å². The van der Waals surface area contributed by atoms with Crippen molar-refractivity contribution in [2.45, 2.75) is 39.0 Å². The molecule has 1 N–H and O–H groups in total. The molecule has 2 aromatic rings. The number of carbonyl (C=O) groups is 2. The van der Waals surface area contributed by atoms with Crippen molar-refractivity contribution in [2.24, 2.45) is 5.41 Å². The van der Waals surface area contributed by atoms with E-state index in [1.165, 1.54) is 0 Å². The Morgan fingerprint density at radius 2 is 1.80 bits per heavy atom. The van der Waals surface area contributed by atoms with E-state index < -0.39 is 0 Å². The second-order valence-corrected chi connectivity index (χ2v) is 9.33. The Hall–Kier alpha value is -3.06. The molecule has 1 saturated heterocycles. The highest BCUT2D eigenvalue weighted by Crippen LogP contribution is 2.38. The summed E-state index contributed by atoms with van der Waals surface area (Å²) in [6.45, 7) is 5.97. The Morgan fingerprint density at radius 1 is 1.03 bits per heavy atom. The van der Waals surface area contributed by atoms with Crippen molar-refractivity contribution in [3.05, 3.63) is 59.7 Å². The molecule has 4 rings (SSSR count). The first kappa shape index (κ1) is 25.0. The first-order valence-corrected chi connectivity index (χ1v) is 12.7. The zero-order chi connectivity index (χ0) is 24.5. The van der Waals surface area contributed by atoms with E-state index >= 15 is 0 Å². The van der Waals surface area contributed by atoms with Gasteiger partial charge in [-0.05, 0) is 56.9 Å². The summed E-state index contributed by atoms with van der Waals surface area (Å²) >= 11 is 0. The Labute approximate surface area is 207 Å². The number of carbonyl (C=O) groups excluding carboxylic acids is 2. The molecule has 188 valence electrons. The Balaban J connectivity index is 1.47. The van der Waals surface area contributed by atoms with Gasteiger partial charge in [-0.2, -0.15) is 0 Å². The molecular formula is C28H36N2O5. The molecule has 1 spiro atoms. The van der Waals surface area contributed by atoms with Crippen molar-refractivity contribution in [1.82, 2.24) is 10.2 Å². The van der Waals surface area contributed by atoms with Gasteiger partial charge in [0.25, 0.3) is 11.8 Å². The van der Waals surface area contributed by atoms with Gasteiger partial charge in [0.15, 0.2) is 0 Å². The molecule has 0 atom stereocenters. The lowest BCUT2D eigenvalue weighted by Gasteiger charge is -2.42. The number of para-hydroxylation sites is 2. The first-order valence-electron chi connectivity index (χ1n) is 12.7. The highest BCUT2D eigenvalue weighted by atomic mass is 16.5. The van der Waals surface area contributed by atoms with Crippen LogP contribution in [0.15, 0.2) is 48.5 Å². The molecule has 2 aliphatic heterocycles. The number of nitrogens with one attached hydrogen (secondary N) is 1. The summed E-state index contributed by atoms with van der Waals surface area (Å²) in [5.41, 5.74) is 1.11. The van der Waals surface area contributed by atoms with Crippen molar-refractivity contribution in [2.75, 3.05) is 46.1 Å². The van der Waals surface area contributed by atoms with E-state index in [4.69, 9.17) is 14.2 Å². The minimum Gasteiger partial charge on any atom is -0.493 e. The predicted molar refractivity (Wildman–Crippen MR) is 134 cm³/mol. The van der Waals surface area contributed by atoms with Crippen LogP contribution in [0.1, 0.15) is 59.7 Å². The van der Waals surface area contributed by atoms with Gasteiger partial charge in [0.05, 0.1) is 30.9 Å². The van der Waals surface area contributed by atoms with Crippen molar-refractivity contribution >= 4 is 11.8 Å². The molecule has 1 fully saturated rings. The van der Waals surface area contributed by atoms with Gasteiger partial charge in [-0.15, -0.1) is 0 Å². The van der Waals surface area contributed by atoms with Crippen LogP contribution in [0.5, 0.6) is 11.5 Å². The van der Waals surface area contributed by atoms with Crippen molar-refractivity contribution in [3.8, 4) is 11.5 Å². The summed E-state index contributed by atoms with van der Waals surface area (Å²) in [6, 6.07) is 14.8. The number of fused-ring (bicyclic) bond motifs is 1. The highest BCUT2D eigenvalue weighted by molar-refractivity contribution is 5.97. The number of rotatable bonds is 3. The summed E-state index contributed by atoms with van der Waals surface area (Å²) in [4.78, 5) is 27.9. The Bertz CT molecular complexity index is 1000. The first-order chi connectivity index (χ1) is 17.1. The lowest BCUT2D eigenvalue weighted by Crippen LogP contribution is -2.45. The number of hydrogen-bond donors (Lipinski definition) is 1. The Morgan fingerprint density at radius 3 is 2.63 bits per heavy atom. The maximum absolute atomic E-state index is 13.3. The quantitative estimate of drug-likeness (QED) is 0.708. The van der Waals surface area contributed by atoms with Gasteiger partial charge >= 0.3 is 0 Å². The van der Waals surface area contributed by atoms with Crippen molar-refractivity contribution < 1.29 is 23.8 Å².